The van der Waals surface area contributed by atoms with Crippen molar-refractivity contribution in [3.8, 4) is 0 Å². The van der Waals surface area contributed by atoms with Gasteiger partial charge in [-0.25, -0.2) is 9.59 Å². The zero-order valence-corrected chi connectivity index (χ0v) is 15.8. The predicted molar refractivity (Wildman–Crippen MR) is 95.2 cm³/mol. The second-order valence-corrected chi connectivity index (χ2v) is 7.28. The summed E-state index contributed by atoms with van der Waals surface area (Å²) < 4.78 is 11.1. The van der Waals surface area contributed by atoms with Gasteiger partial charge in [0.1, 0.15) is 11.2 Å². The number of anilines is 1. The Bertz CT molecular complexity index is 564. The molecule has 5 heteroatoms. The molecular weight excluding hydrogens is 306 g/mol. The van der Waals surface area contributed by atoms with Crippen LogP contribution in [-0.4, -0.2) is 23.4 Å². The summed E-state index contributed by atoms with van der Waals surface area (Å²) in [6.45, 7) is 13.1. The highest BCUT2D eigenvalue weighted by Gasteiger charge is 2.35. The number of nitrogens with zero attached hydrogens (tertiary/aromatic N) is 1. The molecule has 0 bridgehead atoms. The summed E-state index contributed by atoms with van der Waals surface area (Å²) in [5.41, 5.74) is -0.957. The van der Waals surface area contributed by atoms with Gasteiger partial charge in [-0.2, -0.15) is 4.90 Å². The Morgan fingerprint density at radius 1 is 1.00 bits per heavy atom. The number of imide groups is 1. The second-order valence-electron chi connectivity index (χ2n) is 7.28. The molecule has 0 radical (unpaired) electrons. The van der Waals surface area contributed by atoms with Crippen molar-refractivity contribution in [3.63, 3.8) is 0 Å². The molecule has 0 aliphatic carbocycles. The van der Waals surface area contributed by atoms with Crippen molar-refractivity contribution in [2.75, 3.05) is 4.90 Å². The van der Waals surface area contributed by atoms with Crippen LogP contribution < -0.4 is 4.90 Å². The van der Waals surface area contributed by atoms with E-state index < -0.39 is 23.4 Å². The smallest absolute Gasteiger partial charge is 0.424 e. The molecule has 1 aromatic carbocycles. The van der Waals surface area contributed by atoms with Gasteiger partial charge in [-0.05, 0) is 52.2 Å². The van der Waals surface area contributed by atoms with E-state index in [0.717, 1.165) is 4.90 Å². The molecule has 1 rings (SSSR count). The quantitative estimate of drug-likeness (QED) is 0.724. The molecule has 24 heavy (non-hydrogen) atoms. The number of rotatable bonds is 5. The number of para-hydroxylation sites is 1. The van der Waals surface area contributed by atoms with E-state index in [1.165, 1.54) is 0 Å². The molecule has 0 unspecified atom stereocenters. The van der Waals surface area contributed by atoms with Crippen molar-refractivity contribution in [1.29, 1.82) is 0 Å². The molecule has 0 saturated heterocycles. The maximum Gasteiger partial charge on any atom is 0.424 e. The molecule has 0 atom stereocenters. The fourth-order valence-electron chi connectivity index (χ4n) is 1.61. The van der Waals surface area contributed by atoms with Crippen molar-refractivity contribution in [1.82, 2.24) is 0 Å². The lowest BCUT2D eigenvalue weighted by Gasteiger charge is -2.33. The van der Waals surface area contributed by atoms with E-state index in [2.05, 4.69) is 0 Å². The topological polar surface area (TPSA) is 55.8 Å². The zero-order chi connectivity index (χ0) is 18.5. The maximum atomic E-state index is 12.7. The molecule has 0 saturated carbocycles. The van der Waals surface area contributed by atoms with Crippen LogP contribution in [0.3, 0.4) is 0 Å². The molecule has 0 aliphatic rings. The Kier molecular flexibility index (Phi) is 6.41. The molecule has 0 aromatic heterocycles. The lowest BCUT2D eigenvalue weighted by atomic mass is 9.95. The van der Waals surface area contributed by atoms with E-state index in [9.17, 15) is 9.59 Å². The van der Waals surface area contributed by atoms with Crippen LogP contribution in [0.2, 0.25) is 0 Å². The van der Waals surface area contributed by atoms with Crippen molar-refractivity contribution < 1.29 is 19.1 Å². The minimum absolute atomic E-state index is 0.0992. The van der Waals surface area contributed by atoms with Gasteiger partial charge < -0.3 is 9.47 Å². The van der Waals surface area contributed by atoms with Crippen LogP contribution in [-0.2, 0) is 9.47 Å². The van der Waals surface area contributed by atoms with Crippen LogP contribution in [0.15, 0.2) is 30.3 Å². The van der Waals surface area contributed by atoms with Crippen LogP contribution >= 0.6 is 0 Å². The van der Waals surface area contributed by atoms with E-state index in [0.29, 0.717) is 12.1 Å². The number of benzene rings is 1. The standard InChI is InChI=1S/C19H29NO4/c1-8-18(4,5)23-16(21)20(15-12-10-9-11-13-15)17(22)24-19(6,7)14(2)3/h9-14H,8H2,1-7H3. The average Bonchev–Trinajstić information content (AvgIpc) is 2.47. The first-order valence-corrected chi connectivity index (χ1v) is 8.31. The molecule has 0 fully saturated rings. The highest BCUT2D eigenvalue weighted by atomic mass is 16.6. The Balaban J connectivity index is 3.11. The predicted octanol–water partition coefficient (Wildman–Crippen LogP) is 5.39. The summed E-state index contributed by atoms with van der Waals surface area (Å²) in [6, 6.07) is 8.66. The summed E-state index contributed by atoms with van der Waals surface area (Å²) in [5.74, 6) is 0.0992. The van der Waals surface area contributed by atoms with E-state index in [4.69, 9.17) is 9.47 Å². The fourth-order valence-corrected chi connectivity index (χ4v) is 1.61. The first-order valence-electron chi connectivity index (χ1n) is 8.31. The minimum atomic E-state index is -0.739. The van der Waals surface area contributed by atoms with Gasteiger partial charge in [0, 0.05) is 0 Å². The highest BCUT2D eigenvalue weighted by molar-refractivity contribution is 6.09. The third-order valence-corrected chi connectivity index (χ3v) is 4.34. The van der Waals surface area contributed by atoms with Gasteiger partial charge in [0.05, 0.1) is 5.69 Å². The molecular formula is C19H29NO4. The third-order valence-electron chi connectivity index (χ3n) is 4.34. The van der Waals surface area contributed by atoms with E-state index in [-0.39, 0.29) is 5.92 Å². The Morgan fingerprint density at radius 2 is 1.50 bits per heavy atom. The van der Waals surface area contributed by atoms with Crippen molar-refractivity contribution in [3.05, 3.63) is 30.3 Å². The molecule has 1 aromatic rings. The Labute approximate surface area is 144 Å². The number of hydrogen-bond acceptors (Lipinski definition) is 4. The van der Waals surface area contributed by atoms with E-state index in [1.54, 1.807) is 38.1 Å². The van der Waals surface area contributed by atoms with Gasteiger partial charge in [-0.3, -0.25) is 0 Å². The first kappa shape index (κ1) is 20.0. The van der Waals surface area contributed by atoms with Gasteiger partial charge in [-0.1, -0.05) is 39.0 Å². The monoisotopic (exact) mass is 335 g/mol. The van der Waals surface area contributed by atoms with Crippen molar-refractivity contribution >= 4 is 17.9 Å². The van der Waals surface area contributed by atoms with Crippen LogP contribution in [0.5, 0.6) is 0 Å². The lowest BCUT2D eigenvalue weighted by molar-refractivity contribution is 0.00516. The summed E-state index contributed by atoms with van der Waals surface area (Å²) in [7, 11) is 0. The van der Waals surface area contributed by atoms with Crippen molar-refractivity contribution in [2.24, 2.45) is 5.92 Å². The number of hydrogen-bond donors (Lipinski definition) is 0. The van der Waals surface area contributed by atoms with Gasteiger partial charge in [0.25, 0.3) is 0 Å². The van der Waals surface area contributed by atoms with Crippen LogP contribution in [0.4, 0.5) is 15.3 Å². The number of carbonyl (C=O) groups is 2. The summed E-state index contributed by atoms with van der Waals surface area (Å²) in [6.07, 6.45) is -0.845. The number of carbonyl (C=O) groups excluding carboxylic acids is 2. The fraction of sp³-hybridized carbons (Fsp3) is 0.579. The highest BCUT2D eigenvalue weighted by Crippen LogP contribution is 2.25. The largest absolute Gasteiger partial charge is 0.443 e. The SMILES string of the molecule is CCC(C)(C)OC(=O)N(C(=O)OC(C)(C)C(C)C)c1ccccc1. The lowest BCUT2D eigenvalue weighted by Crippen LogP contribution is -2.46. The van der Waals surface area contributed by atoms with Crippen LogP contribution in [0.1, 0.15) is 54.9 Å². The normalized spacial score (nSPS) is 12.0. The third kappa shape index (κ3) is 5.25. The van der Waals surface area contributed by atoms with Gasteiger partial charge in [-0.15, -0.1) is 0 Å². The second kappa shape index (κ2) is 7.69. The number of ether oxygens (including phenoxy) is 2. The molecule has 5 nitrogen and oxygen atoms in total. The van der Waals surface area contributed by atoms with Crippen LogP contribution in [0, 0.1) is 5.92 Å². The van der Waals surface area contributed by atoms with Gasteiger partial charge in [0.2, 0.25) is 0 Å². The summed E-state index contributed by atoms with van der Waals surface area (Å²) in [5, 5.41) is 0. The molecule has 2 amide bonds. The Hall–Kier alpha value is -2.04. The average molecular weight is 335 g/mol. The maximum absolute atomic E-state index is 12.7. The zero-order valence-electron chi connectivity index (χ0n) is 15.8. The van der Waals surface area contributed by atoms with Gasteiger partial charge in [0.15, 0.2) is 0 Å². The van der Waals surface area contributed by atoms with E-state index in [1.807, 2.05) is 40.7 Å². The minimum Gasteiger partial charge on any atom is -0.443 e. The van der Waals surface area contributed by atoms with Gasteiger partial charge >= 0.3 is 12.2 Å². The van der Waals surface area contributed by atoms with Crippen molar-refractivity contribution in [2.45, 2.75) is 66.1 Å². The van der Waals surface area contributed by atoms with Crippen LogP contribution in [0.25, 0.3) is 0 Å². The number of amides is 2. The summed E-state index contributed by atoms with van der Waals surface area (Å²) in [4.78, 5) is 26.2. The van der Waals surface area contributed by atoms with E-state index >= 15 is 0 Å². The molecule has 0 N–H and O–H groups in total. The summed E-state index contributed by atoms with van der Waals surface area (Å²) >= 11 is 0. The molecule has 0 spiro atoms. The molecule has 0 heterocycles. The molecule has 134 valence electrons. The first-order chi connectivity index (χ1) is 11.0. The molecule has 0 aliphatic heterocycles. The Morgan fingerprint density at radius 3 is 1.96 bits per heavy atom.